The summed E-state index contributed by atoms with van der Waals surface area (Å²) >= 11 is 0. The molecular formula is C24H22N2O7S. The molecular weight excluding hydrogens is 460 g/mol. The van der Waals surface area contributed by atoms with Crippen LogP contribution in [0.2, 0.25) is 0 Å². The number of aromatic hydroxyl groups is 1. The number of carbonyl (C=O) groups is 1. The third-order valence-corrected chi connectivity index (χ3v) is 7.58. The maximum absolute atomic E-state index is 12.9. The van der Waals surface area contributed by atoms with Crippen LogP contribution in [0, 0.1) is 12.8 Å². The number of nitrogens with zero attached hydrogens (tertiary/aromatic N) is 2. The Hall–Kier alpha value is -3.66. The average Bonchev–Trinajstić information content (AvgIpc) is 3.11. The van der Waals surface area contributed by atoms with E-state index in [4.69, 9.17) is 9.15 Å². The van der Waals surface area contributed by atoms with Crippen LogP contribution >= 0.6 is 0 Å². The van der Waals surface area contributed by atoms with E-state index in [0.29, 0.717) is 47.3 Å². The summed E-state index contributed by atoms with van der Waals surface area (Å²) in [6, 6.07) is 11.0. The molecule has 9 nitrogen and oxygen atoms in total. The van der Waals surface area contributed by atoms with Gasteiger partial charge in [0.2, 0.25) is 0 Å². The SMILES string of the molecule is Cc1c(O)ccc2c(COC(=O)C3CCCN(C4=NS(=O)(=O)c5ccccc54)C3)cc(=O)oc12. The fourth-order valence-corrected chi connectivity index (χ4v) is 5.71. The molecule has 1 aromatic heterocycles. The number of hydrogen-bond acceptors (Lipinski definition) is 8. The zero-order chi connectivity index (χ0) is 24.0. The molecule has 1 N–H and O–H groups in total. The number of rotatable bonds is 3. The Kier molecular flexibility index (Phi) is 5.40. The van der Waals surface area contributed by atoms with Gasteiger partial charge in [-0.25, -0.2) is 4.79 Å². The van der Waals surface area contributed by atoms with Crippen LogP contribution in [-0.4, -0.2) is 43.3 Å². The van der Waals surface area contributed by atoms with Gasteiger partial charge in [-0.05, 0) is 44.0 Å². The Labute approximate surface area is 195 Å². The fourth-order valence-electron chi connectivity index (χ4n) is 4.48. The number of fused-ring (bicyclic) bond motifs is 2. The van der Waals surface area contributed by atoms with Crippen molar-refractivity contribution in [2.75, 3.05) is 13.1 Å². The summed E-state index contributed by atoms with van der Waals surface area (Å²) in [7, 11) is -3.75. The lowest BCUT2D eigenvalue weighted by Crippen LogP contribution is -2.42. The summed E-state index contributed by atoms with van der Waals surface area (Å²) in [5.74, 6) is -0.541. The first-order valence-corrected chi connectivity index (χ1v) is 12.3. The van der Waals surface area contributed by atoms with Gasteiger partial charge in [0, 0.05) is 41.2 Å². The van der Waals surface area contributed by atoms with Crippen LogP contribution in [0.15, 0.2) is 61.0 Å². The lowest BCUT2D eigenvalue weighted by Gasteiger charge is -2.32. The van der Waals surface area contributed by atoms with E-state index in [2.05, 4.69) is 4.40 Å². The van der Waals surface area contributed by atoms with Crippen molar-refractivity contribution in [3.05, 3.63) is 69.6 Å². The number of piperidine rings is 1. The Morgan fingerprint density at radius 3 is 2.88 bits per heavy atom. The average molecular weight is 483 g/mol. The maximum Gasteiger partial charge on any atom is 0.336 e. The number of phenolic OH excluding ortho intramolecular Hbond substituents is 1. The molecule has 0 spiro atoms. The van der Waals surface area contributed by atoms with Crippen LogP contribution < -0.4 is 5.63 Å². The summed E-state index contributed by atoms with van der Waals surface area (Å²) in [5.41, 5.74) is 1.10. The lowest BCUT2D eigenvalue weighted by molar-refractivity contribution is -0.151. The van der Waals surface area contributed by atoms with E-state index < -0.39 is 27.5 Å². The quantitative estimate of drug-likeness (QED) is 0.446. The third kappa shape index (κ3) is 3.83. The van der Waals surface area contributed by atoms with Crippen LogP contribution in [0.3, 0.4) is 0 Å². The second-order valence-corrected chi connectivity index (χ2v) is 10.0. The standard InChI is InChI=1S/C24H22N2O7S/c1-14-19(27)9-8-17-16(11-21(28)33-22(14)17)13-32-24(29)15-5-4-10-26(12-15)23-18-6-2-3-7-20(18)34(30,31)25-23/h2-3,6-9,11,15,27H,4-5,10,12-13H2,1H3. The van der Waals surface area contributed by atoms with Gasteiger partial charge in [0.1, 0.15) is 22.8 Å². The molecule has 0 amide bonds. The zero-order valence-electron chi connectivity index (χ0n) is 18.4. The highest BCUT2D eigenvalue weighted by molar-refractivity contribution is 7.90. The molecule has 2 aliphatic rings. The predicted octanol–water partition coefficient (Wildman–Crippen LogP) is 2.71. The molecule has 176 valence electrons. The summed E-state index contributed by atoms with van der Waals surface area (Å²) in [5, 5.41) is 10.5. The van der Waals surface area contributed by atoms with E-state index in [9.17, 15) is 23.1 Å². The smallest absolute Gasteiger partial charge is 0.336 e. The molecule has 2 aliphatic heterocycles. The molecule has 1 unspecified atom stereocenters. The highest BCUT2D eigenvalue weighted by atomic mass is 32.2. The molecule has 0 radical (unpaired) electrons. The van der Waals surface area contributed by atoms with E-state index in [-0.39, 0.29) is 29.4 Å². The Bertz CT molecular complexity index is 1510. The predicted molar refractivity (Wildman–Crippen MR) is 123 cm³/mol. The largest absolute Gasteiger partial charge is 0.508 e. The van der Waals surface area contributed by atoms with Crippen molar-refractivity contribution in [1.29, 1.82) is 0 Å². The van der Waals surface area contributed by atoms with Gasteiger partial charge < -0.3 is 19.2 Å². The van der Waals surface area contributed by atoms with Gasteiger partial charge in [0.05, 0.1) is 5.92 Å². The number of benzene rings is 2. The number of aryl methyl sites for hydroxylation is 1. The molecule has 3 heterocycles. The monoisotopic (exact) mass is 482 g/mol. The number of phenols is 1. The Morgan fingerprint density at radius 1 is 1.26 bits per heavy atom. The van der Waals surface area contributed by atoms with Crippen molar-refractivity contribution in [2.45, 2.75) is 31.3 Å². The molecule has 1 fully saturated rings. The fraction of sp³-hybridized carbons (Fsp3) is 0.292. The number of hydrogen-bond donors (Lipinski definition) is 1. The van der Waals surface area contributed by atoms with E-state index in [1.54, 1.807) is 31.2 Å². The van der Waals surface area contributed by atoms with Crippen molar-refractivity contribution in [3.8, 4) is 5.75 Å². The number of likely N-dealkylation sites (tertiary alicyclic amines) is 1. The lowest BCUT2D eigenvalue weighted by atomic mass is 9.97. The molecule has 10 heteroatoms. The van der Waals surface area contributed by atoms with Gasteiger partial charge >= 0.3 is 11.6 Å². The van der Waals surface area contributed by atoms with E-state index in [0.717, 1.165) is 0 Å². The van der Waals surface area contributed by atoms with Gasteiger partial charge in [-0.1, -0.05) is 12.1 Å². The van der Waals surface area contributed by atoms with Crippen molar-refractivity contribution >= 4 is 32.8 Å². The number of sulfonamides is 1. The first-order valence-electron chi connectivity index (χ1n) is 10.9. The van der Waals surface area contributed by atoms with Crippen LogP contribution in [-0.2, 0) is 26.2 Å². The van der Waals surface area contributed by atoms with Crippen molar-refractivity contribution < 1.29 is 27.5 Å². The molecule has 1 saturated heterocycles. The van der Waals surface area contributed by atoms with Gasteiger partial charge in [-0.3, -0.25) is 4.79 Å². The normalized spacial score (nSPS) is 19.0. The van der Waals surface area contributed by atoms with E-state index >= 15 is 0 Å². The maximum atomic E-state index is 12.9. The molecule has 3 aromatic rings. The van der Waals surface area contributed by atoms with Gasteiger partial charge in [0.25, 0.3) is 10.0 Å². The highest BCUT2D eigenvalue weighted by Crippen LogP contribution is 2.31. The second kappa shape index (κ2) is 8.28. The highest BCUT2D eigenvalue weighted by Gasteiger charge is 2.35. The van der Waals surface area contributed by atoms with Gasteiger partial charge in [-0.2, -0.15) is 8.42 Å². The minimum atomic E-state index is -3.75. The first kappa shape index (κ1) is 22.1. The Morgan fingerprint density at radius 2 is 2.06 bits per heavy atom. The minimum Gasteiger partial charge on any atom is -0.508 e. The summed E-state index contributed by atoms with van der Waals surface area (Å²) < 4.78 is 39.6. The van der Waals surface area contributed by atoms with Gasteiger partial charge in [-0.15, -0.1) is 4.40 Å². The van der Waals surface area contributed by atoms with Crippen molar-refractivity contribution in [3.63, 3.8) is 0 Å². The third-order valence-electron chi connectivity index (χ3n) is 6.25. The van der Waals surface area contributed by atoms with Gasteiger partial charge in [0.15, 0.2) is 5.84 Å². The van der Waals surface area contributed by atoms with E-state index in [1.165, 1.54) is 18.2 Å². The number of esters is 1. The summed E-state index contributed by atoms with van der Waals surface area (Å²) in [6.07, 6.45) is 1.28. The Balaban J connectivity index is 1.33. The molecule has 0 saturated carbocycles. The zero-order valence-corrected chi connectivity index (χ0v) is 19.2. The second-order valence-electron chi connectivity index (χ2n) is 8.46. The summed E-state index contributed by atoms with van der Waals surface area (Å²) in [4.78, 5) is 26.9. The van der Waals surface area contributed by atoms with Crippen LogP contribution in [0.5, 0.6) is 5.75 Å². The van der Waals surface area contributed by atoms with Crippen molar-refractivity contribution in [1.82, 2.24) is 4.90 Å². The number of amidine groups is 1. The molecule has 1 atom stereocenters. The molecule has 2 aromatic carbocycles. The molecule has 34 heavy (non-hydrogen) atoms. The molecule has 0 bridgehead atoms. The topological polar surface area (TPSA) is 126 Å². The van der Waals surface area contributed by atoms with E-state index in [1.807, 2.05) is 4.90 Å². The van der Waals surface area contributed by atoms with Crippen molar-refractivity contribution in [2.24, 2.45) is 10.3 Å². The number of carbonyl (C=O) groups excluding carboxylic acids is 1. The minimum absolute atomic E-state index is 0.00510. The summed E-state index contributed by atoms with van der Waals surface area (Å²) in [6.45, 7) is 2.38. The number of ether oxygens (including phenoxy) is 1. The van der Waals surface area contributed by atoms with Crippen LogP contribution in [0.1, 0.15) is 29.5 Å². The molecule has 5 rings (SSSR count). The molecule has 0 aliphatic carbocycles. The van der Waals surface area contributed by atoms with Crippen LogP contribution in [0.25, 0.3) is 11.0 Å². The van der Waals surface area contributed by atoms with Crippen LogP contribution in [0.4, 0.5) is 0 Å². The first-order chi connectivity index (χ1) is 16.2.